The quantitative estimate of drug-likeness (QED) is 0.509. The molecule has 1 aliphatic heterocycles. The zero-order valence-electron chi connectivity index (χ0n) is 18.9. The lowest BCUT2D eigenvalue weighted by molar-refractivity contribution is 0.0816. The lowest BCUT2D eigenvalue weighted by Gasteiger charge is -2.22. The Hall–Kier alpha value is -3.46. The van der Waals surface area contributed by atoms with Crippen molar-refractivity contribution < 1.29 is 4.79 Å². The van der Waals surface area contributed by atoms with E-state index in [9.17, 15) is 4.79 Å². The number of benzene rings is 1. The second-order valence-electron chi connectivity index (χ2n) is 9.61. The highest BCUT2D eigenvalue weighted by Crippen LogP contribution is 2.40. The molecule has 6 nitrogen and oxygen atoms in total. The lowest BCUT2D eigenvalue weighted by atomic mass is 9.89. The molecule has 32 heavy (non-hydrogen) atoms. The van der Waals surface area contributed by atoms with E-state index in [4.69, 9.17) is 11.6 Å². The van der Waals surface area contributed by atoms with Crippen molar-refractivity contribution in [3.05, 3.63) is 64.8 Å². The van der Waals surface area contributed by atoms with Gasteiger partial charge < -0.3 is 9.74 Å². The molecule has 5 rings (SSSR count). The minimum atomic E-state index is 0.0264. The summed E-state index contributed by atoms with van der Waals surface area (Å²) in [5.74, 6) is 0.414. The fraction of sp³-hybridized carbons (Fsp3) is 0.385. The van der Waals surface area contributed by atoms with E-state index in [1.165, 1.54) is 25.7 Å². The van der Waals surface area contributed by atoms with Crippen molar-refractivity contribution in [2.24, 2.45) is 5.41 Å². The first-order chi connectivity index (χ1) is 15.4. The molecule has 1 amide bonds. The Morgan fingerprint density at radius 2 is 1.94 bits per heavy atom. The molecule has 0 bridgehead atoms. The molecular formula is C26H27N5O. The maximum Gasteiger partial charge on any atom is 0.273 e. The topological polar surface area (TPSA) is 55.4 Å². The number of pyridine rings is 1. The number of fused-ring (bicyclic) bond motifs is 1. The van der Waals surface area contributed by atoms with E-state index in [1.54, 1.807) is 4.90 Å². The Morgan fingerprint density at radius 1 is 1.16 bits per heavy atom. The van der Waals surface area contributed by atoms with Crippen LogP contribution in [0.15, 0.2) is 36.7 Å². The van der Waals surface area contributed by atoms with E-state index in [2.05, 4.69) is 23.1 Å². The van der Waals surface area contributed by atoms with Crippen molar-refractivity contribution >= 4 is 11.7 Å². The fourth-order valence-corrected chi connectivity index (χ4v) is 5.12. The van der Waals surface area contributed by atoms with Gasteiger partial charge in [-0.05, 0) is 42.4 Å². The molecule has 1 aromatic carbocycles. The van der Waals surface area contributed by atoms with Gasteiger partial charge in [0.05, 0.1) is 6.20 Å². The fourth-order valence-electron chi connectivity index (χ4n) is 5.12. The van der Waals surface area contributed by atoms with E-state index in [1.807, 2.05) is 49.1 Å². The molecule has 0 saturated heterocycles. The minimum Gasteiger partial charge on any atom is -0.360 e. The van der Waals surface area contributed by atoms with Gasteiger partial charge in [-0.3, -0.25) is 9.48 Å². The van der Waals surface area contributed by atoms with Gasteiger partial charge in [0.2, 0.25) is 0 Å². The van der Waals surface area contributed by atoms with Gasteiger partial charge in [-0.2, -0.15) is 5.10 Å². The zero-order chi connectivity index (χ0) is 22.5. The third-order valence-corrected chi connectivity index (χ3v) is 6.96. The summed E-state index contributed by atoms with van der Waals surface area (Å²) in [5, 5.41) is 4.66. The normalized spacial score (nSPS) is 16.9. The van der Waals surface area contributed by atoms with Crippen molar-refractivity contribution in [2.45, 2.75) is 52.6 Å². The Morgan fingerprint density at radius 3 is 2.69 bits per heavy atom. The van der Waals surface area contributed by atoms with Crippen LogP contribution in [-0.2, 0) is 13.1 Å². The molecule has 1 fully saturated rings. The molecule has 6 heteroatoms. The Bertz CT molecular complexity index is 1260. The highest BCUT2D eigenvalue weighted by atomic mass is 16.2. The van der Waals surface area contributed by atoms with Crippen molar-refractivity contribution in [3.63, 3.8) is 0 Å². The summed E-state index contributed by atoms with van der Waals surface area (Å²) in [6.07, 6.45) is 9.05. The molecule has 2 aliphatic rings. The number of hydrogen-bond donors (Lipinski definition) is 0. The van der Waals surface area contributed by atoms with Gasteiger partial charge in [0, 0.05) is 48.6 Å². The zero-order valence-corrected chi connectivity index (χ0v) is 18.9. The summed E-state index contributed by atoms with van der Waals surface area (Å²) < 4.78 is 2.05. The smallest absolute Gasteiger partial charge is 0.273 e. The third-order valence-electron chi connectivity index (χ3n) is 6.96. The summed E-state index contributed by atoms with van der Waals surface area (Å²) in [6, 6.07) is 7.94. The average molecular weight is 426 g/mol. The van der Waals surface area contributed by atoms with Gasteiger partial charge in [-0.25, -0.2) is 0 Å². The van der Waals surface area contributed by atoms with E-state index < -0.39 is 0 Å². The van der Waals surface area contributed by atoms with Crippen LogP contribution in [0, 0.1) is 18.9 Å². The predicted octanol–water partition coefficient (Wildman–Crippen LogP) is 5.64. The Labute approximate surface area is 188 Å². The van der Waals surface area contributed by atoms with Crippen LogP contribution in [0.5, 0.6) is 0 Å². The number of amides is 1. The second-order valence-corrected chi connectivity index (χ2v) is 9.61. The van der Waals surface area contributed by atoms with E-state index in [0.29, 0.717) is 23.3 Å². The maximum atomic E-state index is 12.6. The summed E-state index contributed by atoms with van der Waals surface area (Å²) in [4.78, 5) is 22.6. The molecule has 3 aromatic rings. The molecular weight excluding hydrogens is 398 g/mol. The lowest BCUT2D eigenvalue weighted by Crippen LogP contribution is -2.19. The van der Waals surface area contributed by atoms with E-state index in [0.717, 1.165) is 40.1 Å². The molecule has 3 heterocycles. The van der Waals surface area contributed by atoms with Gasteiger partial charge in [0.15, 0.2) is 5.69 Å². The first-order valence-corrected chi connectivity index (χ1v) is 11.2. The monoisotopic (exact) mass is 425 g/mol. The first kappa shape index (κ1) is 20.4. The summed E-state index contributed by atoms with van der Waals surface area (Å²) in [6.45, 7) is 13.3. The number of nitrogens with zero attached hydrogens (tertiary/aromatic N) is 5. The van der Waals surface area contributed by atoms with Crippen LogP contribution in [0.4, 0.5) is 5.82 Å². The summed E-state index contributed by atoms with van der Waals surface area (Å²) in [5.41, 5.74) is 6.38. The average Bonchev–Trinajstić information content (AvgIpc) is 3.48. The molecule has 1 aliphatic carbocycles. The van der Waals surface area contributed by atoms with Gasteiger partial charge in [0.1, 0.15) is 0 Å². The van der Waals surface area contributed by atoms with E-state index in [-0.39, 0.29) is 5.91 Å². The number of aromatic nitrogens is 3. The van der Waals surface area contributed by atoms with Crippen LogP contribution in [-0.4, -0.2) is 32.6 Å². The standard InChI is InChI=1S/C26H27N5O/c1-17-11-21(20-13-28-31(15-20)16-26(2)9-5-6-10-26)23(29-24(17)27-3)18-7-8-19-14-30(4)25(32)22(19)12-18/h7-8,11-13,15H,5-6,9-10,14,16H2,1-2,4H3. The van der Waals surface area contributed by atoms with Gasteiger partial charge in [-0.1, -0.05) is 44.5 Å². The van der Waals surface area contributed by atoms with Crippen LogP contribution in [0.2, 0.25) is 0 Å². The first-order valence-electron chi connectivity index (χ1n) is 11.2. The number of rotatable bonds is 4. The molecule has 1 saturated carbocycles. The molecule has 0 spiro atoms. The van der Waals surface area contributed by atoms with Crippen LogP contribution >= 0.6 is 0 Å². The minimum absolute atomic E-state index is 0.0264. The summed E-state index contributed by atoms with van der Waals surface area (Å²) >= 11 is 0. The van der Waals surface area contributed by atoms with Gasteiger partial charge in [0.25, 0.3) is 11.7 Å². The molecule has 2 aromatic heterocycles. The van der Waals surface area contributed by atoms with Crippen molar-refractivity contribution in [2.75, 3.05) is 7.05 Å². The van der Waals surface area contributed by atoms with Crippen LogP contribution < -0.4 is 0 Å². The second kappa shape index (κ2) is 7.59. The van der Waals surface area contributed by atoms with E-state index >= 15 is 0 Å². The SMILES string of the molecule is [C-]#[N+]c1nc(-c2ccc3c(c2)C(=O)N(C)C3)c(-c2cnn(CC3(C)CCCC3)c2)cc1C. The summed E-state index contributed by atoms with van der Waals surface area (Å²) in [7, 11) is 1.81. The molecule has 0 radical (unpaired) electrons. The molecule has 0 atom stereocenters. The third kappa shape index (κ3) is 3.48. The predicted molar refractivity (Wildman–Crippen MR) is 124 cm³/mol. The molecule has 162 valence electrons. The van der Waals surface area contributed by atoms with Crippen LogP contribution in [0.1, 0.15) is 54.1 Å². The Kier molecular flexibility index (Phi) is 4.85. The Balaban J connectivity index is 1.58. The number of carbonyl (C=O) groups excluding carboxylic acids is 1. The molecule has 0 unspecified atom stereocenters. The van der Waals surface area contributed by atoms with Gasteiger partial charge in [-0.15, -0.1) is 4.98 Å². The van der Waals surface area contributed by atoms with Gasteiger partial charge >= 0.3 is 0 Å². The number of aryl methyl sites for hydroxylation is 1. The molecule has 0 N–H and O–H groups in total. The number of carbonyl (C=O) groups is 1. The van der Waals surface area contributed by atoms with Crippen LogP contribution in [0.25, 0.3) is 27.2 Å². The van der Waals surface area contributed by atoms with Crippen molar-refractivity contribution in [1.29, 1.82) is 0 Å². The number of hydrogen-bond acceptors (Lipinski definition) is 3. The maximum absolute atomic E-state index is 12.6. The van der Waals surface area contributed by atoms with Crippen molar-refractivity contribution in [1.82, 2.24) is 19.7 Å². The highest BCUT2D eigenvalue weighted by molar-refractivity contribution is 5.99. The van der Waals surface area contributed by atoms with Crippen LogP contribution in [0.3, 0.4) is 0 Å². The largest absolute Gasteiger partial charge is 0.360 e. The van der Waals surface area contributed by atoms with Crippen molar-refractivity contribution in [3.8, 4) is 22.4 Å². The highest BCUT2D eigenvalue weighted by Gasteiger charge is 2.30.